The zero-order valence-corrected chi connectivity index (χ0v) is 23.4. The highest BCUT2D eigenvalue weighted by atomic mass is 16.5. The molecule has 0 radical (unpaired) electrons. The Kier molecular flexibility index (Phi) is 7.11. The van der Waals surface area contributed by atoms with Crippen LogP contribution in [0.1, 0.15) is 27.9 Å². The smallest absolute Gasteiger partial charge is 0.330 e. The Labute approximate surface area is 244 Å². The molecule has 0 amide bonds. The average molecular weight is 551 g/mol. The number of nitrogens with zero attached hydrogens (tertiary/aromatic N) is 3. The van der Waals surface area contributed by atoms with Crippen LogP contribution in [0.25, 0.3) is 28.2 Å². The van der Waals surface area contributed by atoms with Crippen LogP contribution in [0.15, 0.2) is 128 Å². The van der Waals surface area contributed by atoms with Crippen molar-refractivity contribution in [2.75, 3.05) is 12.8 Å². The molecule has 206 valence electrons. The monoisotopic (exact) mass is 550 g/mol. The Hall–Kier alpha value is -5.49. The van der Waals surface area contributed by atoms with E-state index < -0.39 is 11.5 Å². The zero-order valence-electron chi connectivity index (χ0n) is 23.4. The molecule has 6 heteroatoms. The Morgan fingerprint density at radius 1 is 0.833 bits per heavy atom. The Bertz CT molecular complexity index is 1800. The minimum absolute atomic E-state index is 0.452. The molecule has 0 aliphatic carbocycles. The van der Waals surface area contributed by atoms with Crippen LogP contribution in [0.3, 0.4) is 0 Å². The molecule has 0 saturated heterocycles. The van der Waals surface area contributed by atoms with Gasteiger partial charge in [-0.2, -0.15) is 5.10 Å². The molecular weight excluding hydrogens is 520 g/mol. The van der Waals surface area contributed by atoms with Crippen LogP contribution in [-0.4, -0.2) is 27.8 Å². The van der Waals surface area contributed by atoms with E-state index in [0.717, 1.165) is 44.5 Å². The van der Waals surface area contributed by atoms with E-state index >= 15 is 0 Å². The molecule has 4 aromatic carbocycles. The summed E-state index contributed by atoms with van der Waals surface area (Å²) < 4.78 is 6.91. The summed E-state index contributed by atoms with van der Waals surface area (Å²) >= 11 is 0. The third-order valence-corrected chi connectivity index (χ3v) is 7.55. The van der Waals surface area contributed by atoms with Crippen LogP contribution in [0, 0.1) is 6.92 Å². The molecule has 2 aromatic heterocycles. The zero-order chi connectivity index (χ0) is 29.1. The van der Waals surface area contributed by atoms with Crippen LogP contribution in [0.4, 0.5) is 5.69 Å². The second kappa shape index (κ2) is 11.2. The number of aryl methyl sites for hydroxylation is 1. The molecule has 0 unspecified atom stereocenters. The molecule has 0 saturated carbocycles. The Balaban J connectivity index is 1.77. The number of hydrogen-bond acceptors (Lipinski definition) is 5. The second-order valence-electron chi connectivity index (χ2n) is 10.1. The molecule has 6 rings (SSSR count). The van der Waals surface area contributed by atoms with Crippen LogP contribution in [-0.2, 0) is 15.1 Å². The predicted octanol–water partition coefficient (Wildman–Crippen LogP) is 7.02. The topological polar surface area (TPSA) is 83.0 Å². The van der Waals surface area contributed by atoms with Gasteiger partial charge in [-0.05, 0) is 59.5 Å². The maximum Gasteiger partial charge on any atom is 0.330 e. The van der Waals surface area contributed by atoms with E-state index in [1.54, 1.807) is 12.3 Å². The normalized spacial score (nSPS) is 11.7. The van der Waals surface area contributed by atoms with Crippen LogP contribution in [0.2, 0.25) is 0 Å². The molecule has 0 aliphatic rings. The number of esters is 1. The lowest BCUT2D eigenvalue weighted by Gasteiger charge is -2.37. The fraction of sp³-hybridized carbons (Fsp3) is 0.0833. The number of pyridine rings is 1. The van der Waals surface area contributed by atoms with E-state index in [4.69, 9.17) is 15.6 Å². The van der Waals surface area contributed by atoms with Crippen molar-refractivity contribution < 1.29 is 9.53 Å². The van der Waals surface area contributed by atoms with Crippen LogP contribution in [0.5, 0.6) is 0 Å². The van der Waals surface area contributed by atoms with E-state index in [-0.39, 0.29) is 0 Å². The number of ether oxygens (including phenoxy) is 1. The highest BCUT2D eigenvalue weighted by Crippen LogP contribution is 2.44. The summed E-state index contributed by atoms with van der Waals surface area (Å²) in [4.78, 5) is 16.3. The molecule has 6 aromatic rings. The summed E-state index contributed by atoms with van der Waals surface area (Å²) in [6.07, 6.45) is 4.85. The van der Waals surface area contributed by atoms with Gasteiger partial charge in [0.15, 0.2) is 0 Å². The van der Waals surface area contributed by atoms with Gasteiger partial charge in [-0.15, -0.1) is 0 Å². The lowest BCUT2D eigenvalue weighted by molar-refractivity contribution is -0.134. The molecule has 0 spiro atoms. The van der Waals surface area contributed by atoms with Gasteiger partial charge in [0.25, 0.3) is 0 Å². The number of aromatic nitrogens is 3. The summed E-state index contributed by atoms with van der Waals surface area (Å²) in [5.74, 6) is -0.452. The number of nitrogens with two attached hydrogens (primary N) is 1. The Morgan fingerprint density at radius 2 is 1.40 bits per heavy atom. The van der Waals surface area contributed by atoms with E-state index in [0.29, 0.717) is 11.3 Å². The second-order valence-corrected chi connectivity index (χ2v) is 10.1. The highest BCUT2D eigenvalue weighted by Gasteiger charge is 2.41. The first-order chi connectivity index (χ1) is 20.5. The summed E-state index contributed by atoms with van der Waals surface area (Å²) in [6, 6.07) is 39.2. The number of benzene rings is 4. The molecule has 6 nitrogen and oxygen atoms in total. The summed E-state index contributed by atoms with van der Waals surface area (Å²) in [5, 5.41) is 6.31. The van der Waals surface area contributed by atoms with Gasteiger partial charge in [0.2, 0.25) is 0 Å². The van der Waals surface area contributed by atoms with Crippen LogP contribution >= 0.6 is 0 Å². The quantitative estimate of drug-likeness (QED) is 0.100. The highest BCUT2D eigenvalue weighted by molar-refractivity contribution is 5.99. The van der Waals surface area contributed by atoms with Crippen molar-refractivity contribution in [1.29, 1.82) is 0 Å². The van der Waals surface area contributed by atoms with Crippen molar-refractivity contribution in [1.82, 2.24) is 14.8 Å². The van der Waals surface area contributed by atoms with Crippen molar-refractivity contribution in [2.24, 2.45) is 0 Å². The minimum atomic E-state index is -0.835. The van der Waals surface area contributed by atoms with E-state index in [2.05, 4.69) is 82.5 Å². The van der Waals surface area contributed by atoms with E-state index in [9.17, 15) is 4.79 Å². The number of methoxy groups -OCH3 is 1. The van der Waals surface area contributed by atoms with Crippen LogP contribution < -0.4 is 5.73 Å². The molecule has 0 fully saturated rings. The molecule has 42 heavy (non-hydrogen) atoms. The van der Waals surface area contributed by atoms with Crippen molar-refractivity contribution in [3.63, 3.8) is 0 Å². The molecular formula is C36H30N4O2. The van der Waals surface area contributed by atoms with Gasteiger partial charge in [0, 0.05) is 34.6 Å². The number of anilines is 1. The fourth-order valence-corrected chi connectivity index (χ4v) is 5.63. The molecule has 2 heterocycles. The number of nitrogen functional groups attached to an aromatic ring is 1. The van der Waals surface area contributed by atoms with Gasteiger partial charge in [0.05, 0.1) is 12.6 Å². The van der Waals surface area contributed by atoms with Gasteiger partial charge in [-0.25, -0.2) is 9.48 Å². The predicted molar refractivity (Wildman–Crippen MR) is 168 cm³/mol. The summed E-state index contributed by atoms with van der Waals surface area (Å²) in [7, 11) is 1.35. The summed E-state index contributed by atoms with van der Waals surface area (Å²) in [5.41, 5.74) is 13.7. The molecule has 0 bridgehead atoms. The first-order valence-electron chi connectivity index (χ1n) is 13.7. The van der Waals surface area contributed by atoms with Gasteiger partial charge in [-0.1, -0.05) is 91.0 Å². The van der Waals surface area contributed by atoms with Gasteiger partial charge in [0.1, 0.15) is 11.2 Å². The lowest BCUT2D eigenvalue weighted by Crippen LogP contribution is -2.38. The number of fused-ring (bicyclic) bond motifs is 1. The summed E-state index contributed by atoms with van der Waals surface area (Å²) in [6.45, 7) is 1.97. The minimum Gasteiger partial charge on any atom is -0.466 e. The SMILES string of the molecule is COC(=O)C=Cc1cc2c(-c3ccnc(C)c3)nn(C(c3ccccc3)(c3ccccc3)c3ccccc3)c2cc1N. The van der Waals surface area contributed by atoms with E-state index in [1.807, 2.05) is 49.4 Å². The number of carbonyl (C=O) groups excluding carboxylic acids is 1. The van der Waals surface area contributed by atoms with Gasteiger partial charge < -0.3 is 10.5 Å². The Morgan fingerprint density at radius 3 is 1.93 bits per heavy atom. The lowest BCUT2D eigenvalue weighted by atomic mass is 9.77. The van der Waals surface area contributed by atoms with Crippen molar-refractivity contribution in [2.45, 2.75) is 12.5 Å². The van der Waals surface area contributed by atoms with E-state index in [1.165, 1.54) is 13.2 Å². The van der Waals surface area contributed by atoms with Crippen molar-refractivity contribution >= 4 is 28.6 Å². The third-order valence-electron chi connectivity index (χ3n) is 7.55. The third kappa shape index (κ3) is 4.63. The molecule has 2 N–H and O–H groups in total. The van der Waals surface area contributed by atoms with Gasteiger partial charge in [-0.3, -0.25) is 4.98 Å². The van der Waals surface area contributed by atoms with Crippen molar-refractivity contribution in [3.05, 3.63) is 155 Å². The first-order valence-corrected chi connectivity index (χ1v) is 13.7. The number of carbonyl (C=O) groups is 1. The standard InChI is InChI=1S/C36H30N4O2/c1-25-22-27(20-21-38-25)35-31-23-26(18-19-34(41)42-2)32(37)24-33(31)40(39-35)36(28-12-6-3-7-13-28,29-14-8-4-9-15-29)30-16-10-5-11-17-30/h3-24H,37H2,1-2H3. The largest absolute Gasteiger partial charge is 0.466 e. The first kappa shape index (κ1) is 26.7. The maximum absolute atomic E-state index is 11.9. The number of rotatable bonds is 7. The maximum atomic E-state index is 11.9. The fourth-order valence-electron chi connectivity index (χ4n) is 5.63. The number of hydrogen-bond donors (Lipinski definition) is 1. The molecule has 0 aliphatic heterocycles. The average Bonchev–Trinajstić information content (AvgIpc) is 3.40. The molecule has 0 atom stereocenters. The van der Waals surface area contributed by atoms with Crippen molar-refractivity contribution in [3.8, 4) is 11.3 Å². The van der Waals surface area contributed by atoms with Gasteiger partial charge >= 0.3 is 5.97 Å².